The quantitative estimate of drug-likeness (QED) is 0.734. The van der Waals surface area contributed by atoms with Gasteiger partial charge in [-0.3, -0.25) is 9.69 Å². The van der Waals surface area contributed by atoms with Crippen LogP contribution in [0.5, 0.6) is 0 Å². The Bertz CT molecular complexity index is 848. The molecule has 2 aliphatic heterocycles. The molecule has 1 amide bonds. The minimum absolute atomic E-state index is 0.120. The molecule has 2 aromatic rings. The lowest BCUT2D eigenvalue weighted by Crippen LogP contribution is -2.47. The second-order valence-corrected chi connectivity index (χ2v) is 9.25. The number of aryl methyl sites for hydroxylation is 1. The van der Waals surface area contributed by atoms with Crippen LogP contribution in [0.1, 0.15) is 60.8 Å². The van der Waals surface area contributed by atoms with Gasteiger partial charge < -0.3 is 10.1 Å². The maximum atomic E-state index is 13.4. The average Bonchev–Trinajstić information content (AvgIpc) is 3.07. The van der Waals surface area contributed by atoms with E-state index in [2.05, 4.69) is 65.7 Å². The standard InChI is InChI=1S/C27H36N2O2/c1-22-7-6-8-25(19-22)27(13-17-31-18-14-27)26(30)28-20-23-9-11-24(12-10-23)21-29-15-4-2-3-5-16-29/h6-12,19H,2-5,13-18,20-21H2,1H3,(H,28,30). The Hall–Kier alpha value is -2.17. The molecule has 31 heavy (non-hydrogen) atoms. The van der Waals surface area contributed by atoms with E-state index in [-0.39, 0.29) is 5.91 Å². The van der Waals surface area contributed by atoms with Crippen molar-refractivity contribution in [3.05, 3.63) is 70.8 Å². The topological polar surface area (TPSA) is 41.6 Å². The van der Waals surface area contributed by atoms with Crippen LogP contribution in [0.2, 0.25) is 0 Å². The molecule has 2 heterocycles. The van der Waals surface area contributed by atoms with Crippen molar-refractivity contribution in [2.24, 2.45) is 0 Å². The van der Waals surface area contributed by atoms with Crippen molar-refractivity contribution < 1.29 is 9.53 Å². The fraction of sp³-hybridized carbons (Fsp3) is 0.519. The minimum atomic E-state index is -0.489. The van der Waals surface area contributed by atoms with E-state index in [1.165, 1.54) is 49.9 Å². The molecule has 2 aromatic carbocycles. The number of nitrogens with zero attached hydrogens (tertiary/aromatic N) is 1. The van der Waals surface area contributed by atoms with E-state index in [0.29, 0.717) is 19.8 Å². The molecule has 2 aliphatic rings. The van der Waals surface area contributed by atoms with Gasteiger partial charge in [-0.1, -0.05) is 66.9 Å². The molecular weight excluding hydrogens is 384 g/mol. The van der Waals surface area contributed by atoms with Crippen LogP contribution in [0, 0.1) is 6.92 Å². The summed E-state index contributed by atoms with van der Waals surface area (Å²) in [5, 5.41) is 3.23. The highest BCUT2D eigenvalue weighted by molar-refractivity contribution is 5.88. The Balaban J connectivity index is 1.38. The van der Waals surface area contributed by atoms with Crippen LogP contribution in [-0.2, 0) is 28.0 Å². The van der Waals surface area contributed by atoms with E-state index < -0.39 is 5.41 Å². The van der Waals surface area contributed by atoms with Crippen molar-refractivity contribution >= 4 is 5.91 Å². The third-order valence-electron chi connectivity index (χ3n) is 6.93. The second kappa shape index (κ2) is 10.4. The zero-order valence-corrected chi connectivity index (χ0v) is 18.9. The van der Waals surface area contributed by atoms with Gasteiger partial charge in [-0.25, -0.2) is 0 Å². The van der Waals surface area contributed by atoms with Gasteiger partial charge in [0.2, 0.25) is 5.91 Å². The number of benzene rings is 2. The Morgan fingerprint density at radius 1 is 0.968 bits per heavy atom. The molecule has 4 nitrogen and oxygen atoms in total. The van der Waals surface area contributed by atoms with E-state index in [1.54, 1.807) is 0 Å². The first-order valence-corrected chi connectivity index (χ1v) is 11.9. The predicted molar refractivity (Wildman–Crippen MR) is 125 cm³/mol. The highest BCUT2D eigenvalue weighted by Crippen LogP contribution is 2.35. The maximum absolute atomic E-state index is 13.4. The molecule has 4 rings (SSSR count). The highest BCUT2D eigenvalue weighted by Gasteiger charge is 2.41. The van der Waals surface area contributed by atoms with Gasteiger partial charge in [0.15, 0.2) is 0 Å². The third kappa shape index (κ3) is 5.55. The van der Waals surface area contributed by atoms with Crippen LogP contribution in [0.15, 0.2) is 48.5 Å². The maximum Gasteiger partial charge on any atom is 0.231 e. The molecule has 0 bridgehead atoms. The van der Waals surface area contributed by atoms with Crippen molar-refractivity contribution in [2.45, 2.75) is 64.0 Å². The zero-order chi connectivity index (χ0) is 21.5. The summed E-state index contributed by atoms with van der Waals surface area (Å²) in [5.74, 6) is 0.120. The fourth-order valence-corrected chi connectivity index (χ4v) is 4.98. The molecule has 166 valence electrons. The number of hydrogen-bond acceptors (Lipinski definition) is 3. The van der Waals surface area contributed by atoms with Crippen molar-refractivity contribution in [3.8, 4) is 0 Å². The molecule has 0 radical (unpaired) electrons. The summed E-state index contributed by atoms with van der Waals surface area (Å²) in [6.45, 7) is 7.37. The van der Waals surface area contributed by atoms with Crippen LogP contribution in [0.3, 0.4) is 0 Å². The molecule has 0 unspecified atom stereocenters. The van der Waals surface area contributed by atoms with Gasteiger partial charge in [-0.15, -0.1) is 0 Å². The Morgan fingerprint density at radius 2 is 1.65 bits per heavy atom. The Labute approximate surface area is 187 Å². The molecule has 2 fully saturated rings. The number of ether oxygens (including phenoxy) is 1. The Kier molecular flexibility index (Phi) is 7.41. The summed E-state index contributed by atoms with van der Waals surface area (Å²) >= 11 is 0. The second-order valence-electron chi connectivity index (χ2n) is 9.25. The molecule has 0 spiro atoms. The number of likely N-dealkylation sites (tertiary alicyclic amines) is 1. The van der Waals surface area contributed by atoms with E-state index in [1.807, 2.05) is 0 Å². The summed E-state index contributed by atoms with van der Waals surface area (Å²) < 4.78 is 5.59. The monoisotopic (exact) mass is 420 g/mol. The van der Waals surface area contributed by atoms with Crippen LogP contribution >= 0.6 is 0 Å². The van der Waals surface area contributed by atoms with E-state index >= 15 is 0 Å². The number of amides is 1. The summed E-state index contributed by atoms with van der Waals surface area (Å²) in [4.78, 5) is 16.0. The van der Waals surface area contributed by atoms with Crippen molar-refractivity contribution in [3.63, 3.8) is 0 Å². The molecule has 1 N–H and O–H groups in total. The highest BCUT2D eigenvalue weighted by atomic mass is 16.5. The molecular formula is C27H36N2O2. The van der Waals surface area contributed by atoms with Crippen LogP contribution in [0.4, 0.5) is 0 Å². The summed E-state index contributed by atoms with van der Waals surface area (Å²) in [6, 6.07) is 17.2. The van der Waals surface area contributed by atoms with E-state index in [4.69, 9.17) is 4.74 Å². The number of carbonyl (C=O) groups excluding carboxylic acids is 1. The van der Waals surface area contributed by atoms with Gasteiger partial charge in [0.1, 0.15) is 0 Å². The van der Waals surface area contributed by atoms with Gasteiger partial charge in [-0.2, -0.15) is 0 Å². The number of nitrogens with one attached hydrogen (secondary N) is 1. The minimum Gasteiger partial charge on any atom is -0.381 e. The van der Waals surface area contributed by atoms with Crippen molar-refractivity contribution in [2.75, 3.05) is 26.3 Å². The van der Waals surface area contributed by atoms with Crippen LogP contribution < -0.4 is 5.32 Å². The van der Waals surface area contributed by atoms with Gasteiger partial charge in [0, 0.05) is 26.3 Å². The largest absolute Gasteiger partial charge is 0.381 e. The number of carbonyl (C=O) groups is 1. The molecule has 4 heteroatoms. The Morgan fingerprint density at radius 3 is 2.32 bits per heavy atom. The van der Waals surface area contributed by atoms with E-state index in [9.17, 15) is 4.79 Å². The first kappa shape index (κ1) is 22.0. The lowest BCUT2D eigenvalue weighted by atomic mass is 9.73. The number of rotatable bonds is 6. The summed E-state index contributed by atoms with van der Waals surface area (Å²) in [7, 11) is 0. The average molecular weight is 421 g/mol. The van der Waals surface area contributed by atoms with Gasteiger partial charge in [0.25, 0.3) is 0 Å². The van der Waals surface area contributed by atoms with Gasteiger partial charge in [0.05, 0.1) is 5.41 Å². The molecule has 0 aliphatic carbocycles. The first-order valence-electron chi connectivity index (χ1n) is 11.9. The number of hydrogen-bond donors (Lipinski definition) is 1. The van der Waals surface area contributed by atoms with Crippen molar-refractivity contribution in [1.29, 1.82) is 0 Å². The van der Waals surface area contributed by atoms with Crippen LogP contribution in [-0.4, -0.2) is 37.1 Å². The lowest BCUT2D eigenvalue weighted by molar-refractivity contribution is -0.130. The smallest absolute Gasteiger partial charge is 0.231 e. The summed E-state index contributed by atoms with van der Waals surface area (Å²) in [6.07, 6.45) is 6.83. The zero-order valence-electron chi connectivity index (χ0n) is 18.9. The molecule has 0 saturated carbocycles. The lowest BCUT2D eigenvalue weighted by Gasteiger charge is -2.36. The first-order chi connectivity index (χ1) is 15.2. The van der Waals surface area contributed by atoms with Gasteiger partial charge in [-0.05, 0) is 62.4 Å². The summed E-state index contributed by atoms with van der Waals surface area (Å²) in [5.41, 5.74) is 4.33. The predicted octanol–water partition coefficient (Wildman–Crippen LogP) is 4.74. The van der Waals surface area contributed by atoms with E-state index in [0.717, 1.165) is 30.5 Å². The third-order valence-corrected chi connectivity index (χ3v) is 6.93. The molecule has 0 aromatic heterocycles. The van der Waals surface area contributed by atoms with Crippen LogP contribution in [0.25, 0.3) is 0 Å². The SMILES string of the molecule is Cc1cccc(C2(C(=O)NCc3ccc(CN4CCCCCC4)cc3)CCOCC2)c1. The normalized spacial score (nSPS) is 19.5. The molecule has 2 saturated heterocycles. The molecule has 0 atom stereocenters. The fourth-order valence-electron chi connectivity index (χ4n) is 4.98. The van der Waals surface area contributed by atoms with Crippen molar-refractivity contribution in [1.82, 2.24) is 10.2 Å². The van der Waals surface area contributed by atoms with Gasteiger partial charge >= 0.3 is 0 Å².